The van der Waals surface area contributed by atoms with Gasteiger partial charge in [0.05, 0.1) is 17.4 Å². The Morgan fingerprint density at radius 3 is 2.38 bits per heavy atom. The Hall–Kier alpha value is -2.57. The predicted molar refractivity (Wildman–Crippen MR) is 125 cm³/mol. The maximum atomic E-state index is 12.8. The summed E-state index contributed by atoms with van der Waals surface area (Å²) in [6, 6.07) is 12.1. The molecule has 10 nitrogen and oxygen atoms in total. The van der Waals surface area contributed by atoms with Gasteiger partial charge in [-0.2, -0.15) is 0 Å². The number of benzene rings is 1. The van der Waals surface area contributed by atoms with Crippen LogP contribution in [0, 0.1) is 6.92 Å². The molecule has 3 N–H and O–H groups in total. The highest BCUT2D eigenvalue weighted by atomic mass is 32.2. The number of carbonyl (C=O) groups excluding carboxylic acids is 1. The summed E-state index contributed by atoms with van der Waals surface area (Å²) < 4.78 is 33.1. The Bertz CT molecular complexity index is 1070. The van der Waals surface area contributed by atoms with Crippen LogP contribution in [0.3, 0.4) is 0 Å². The molecule has 2 aromatic rings. The number of aryl methyl sites for hydroxylation is 1. The minimum absolute atomic E-state index is 0.0942. The molecular weight excluding hydrogens is 460 g/mol. The number of piperazine rings is 1. The Balaban J connectivity index is 1.28. The van der Waals surface area contributed by atoms with E-state index in [-0.39, 0.29) is 23.8 Å². The Kier molecular flexibility index (Phi) is 7.48. The highest BCUT2D eigenvalue weighted by Crippen LogP contribution is 2.25. The number of amides is 1. The van der Waals surface area contributed by atoms with Crippen LogP contribution in [0.15, 0.2) is 53.6 Å². The van der Waals surface area contributed by atoms with Crippen LogP contribution >= 0.6 is 0 Å². The highest BCUT2D eigenvalue weighted by molar-refractivity contribution is 7.89. The molecule has 11 heteroatoms. The van der Waals surface area contributed by atoms with Crippen molar-refractivity contribution in [1.29, 1.82) is 0 Å². The molecule has 1 aromatic carbocycles. The largest absolute Gasteiger partial charge is 0.388 e. The molecule has 2 saturated heterocycles. The van der Waals surface area contributed by atoms with E-state index in [0.29, 0.717) is 26.2 Å². The van der Waals surface area contributed by atoms with Crippen LogP contribution in [-0.4, -0.2) is 91.6 Å². The smallest absolute Gasteiger partial charge is 0.240 e. The van der Waals surface area contributed by atoms with Gasteiger partial charge in [-0.3, -0.25) is 4.79 Å². The van der Waals surface area contributed by atoms with E-state index in [1.807, 2.05) is 25.1 Å². The molecular formula is C23H30N4O6S. The maximum absolute atomic E-state index is 12.8. The van der Waals surface area contributed by atoms with Crippen molar-refractivity contribution >= 4 is 21.7 Å². The number of aliphatic hydroxyl groups is 2. The van der Waals surface area contributed by atoms with Crippen molar-refractivity contribution in [2.45, 2.75) is 42.7 Å². The number of rotatable bonds is 7. The average molecular weight is 491 g/mol. The molecule has 4 rings (SSSR count). The Morgan fingerprint density at radius 1 is 1.06 bits per heavy atom. The molecule has 3 heterocycles. The quantitative estimate of drug-likeness (QED) is 0.490. The highest BCUT2D eigenvalue weighted by Gasteiger charge is 2.44. The molecule has 4 unspecified atom stereocenters. The van der Waals surface area contributed by atoms with Gasteiger partial charge in [0.15, 0.2) is 0 Å². The van der Waals surface area contributed by atoms with Gasteiger partial charge >= 0.3 is 0 Å². The predicted octanol–water partition coefficient (Wildman–Crippen LogP) is -0.104. The number of pyridine rings is 1. The molecule has 34 heavy (non-hydrogen) atoms. The van der Waals surface area contributed by atoms with Crippen LogP contribution in [0.4, 0.5) is 5.82 Å². The molecule has 1 amide bonds. The summed E-state index contributed by atoms with van der Waals surface area (Å²) in [4.78, 5) is 21.0. The van der Waals surface area contributed by atoms with E-state index in [4.69, 9.17) is 4.74 Å². The lowest BCUT2D eigenvalue weighted by Crippen LogP contribution is -2.50. The second kappa shape index (κ2) is 10.4. The first-order valence-corrected chi connectivity index (χ1v) is 12.7. The monoisotopic (exact) mass is 490 g/mol. The minimum atomic E-state index is -3.80. The summed E-state index contributed by atoms with van der Waals surface area (Å²) in [6.45, 7) is 3.95. The zero-order chi connectivity index (χ0) is 24.3. The van der Waals surface area contributed by atoms with E-state index in [9.17, 15) is 23.4 Å². The second-order valence-corrected chi connectivity index (χ2v) is 10.4. The number of carbonyl (C=O) groups is 1. The van der Waals surface area contributed by atoms with Crippen molar-refractivity contribution in [2.75, 3.05) is 37.6 Å². The summed E-state index contributed by atoms with van der Waals surface area (Å²) in [5.74, 6) is 0.681. The van der Waals surface area contributed by atoms with Gasteiger partial charge in [0.2, 0.25) is 15.9 Å². The van der Waals surface area contributed by atoms with Crippen LogP contribution in [0.25, 0.3) is 0 Å². The topological polar surface area (TPSA) is 132 Å². The van der Waals surface area contributed by atoms with Crippen molar-refractivity contribution < 1.29 is 28.2 Å². The molecule has 184 valence electrons. The Morgan fingerprint density at radius 2 is 1.74 bits per heavy atom. The number of sulfonamides is 1. The molecule has 0 saturated carbocycles. The normalized spacial score (nSPS) is 25.5. The van der Waals surface area contributed by atoms with Crippen LogP contribution in [0.2, 0.25) is 0 Å². The van der Waals surface area contributed by atoms with E-state index >= 15 is 0 Å². The molecule has 0 spiro atoms. The van der Waals surface area contributed by atoms with Crippen molar-refractivity contribution in [1.82, 2.24) is 14.6 Å². The van der Waals surface area contributed by atoms with Gasteiger partial charge in [-0.05, 0) is 31.2 Å². The minimum Gasteiger partial charge on any atom is -0.388 e. The van der Waals surface area contributed by atoms with Gasteiger partial charge in [-0.25, -0.2) is 18.1 Å². The summed E-state index contributed by atoms with van der Waals surface area (Å²) >= 11 is 0. The lowest BCUT2D eigenvalue weighted by molar-refractivity contribution is -0.135. The number of ether oxygens (including phenoxy) is 1. The fourth-order valence-corrected chi connectivity index (χ4v) is 5.23. The fraction of sp³-hybridized carbons (Fsp3) is 0.478. The molecule has 2 aliphatic rings. The van der Waals surface area contributed by atoms with Crippen LogP contribution in [0.5, 0.6) is 0 Å². The molecule has 2 fully saturated rings. The molecule has 0 aliphatic carbocycles. The summed E-state index contributed by atoms with van der Waals surface area (Å²) in [5, 5.41) is 20.8. The number of nitrogens with zero attached hydrogens (tertiary/aromatic N) is 3. The number of nitrogens with one attached hydrogen (secondary N) is 1. The van der Waals surface area contributed by atoms with E-state index in [1.165, 1.54) is 12.1 Å². The first-order valence-electron chi connectivity index (χ1n) is 11.3. The third kappa shape index (κ3) is 5.56. The Labute approximate surface area is 199 Å². The molecule has 0 radical (unpaired) electrons. The molecule has 4 atom stereocenters. The average Bonchev–Trinajstić information content (AvgIpc) is 3.11. The second-order valence-electron chi connectivity index (χ2n) is 8.62. The van der Waals surface area contributed by atoms with Gasteiger partial charge in [0.1, 0.15) is 24.1 Å². The van der Waals surface area contributed by atoms with Gasteiger partial charge < -0.3 is 24.7 Å². The summed E-state index contributed by atoms with van der Waals surface area (Å²) in [5.41, 5.74) is 0.933. The zero-order valence-corrected chi connectivity index (χ0v) is 19.8. The van der Waals surface area contributed by atoms with Crippen LogP contribution < -0.4 is 9.62 Å². The van der Waals surface area contributed by atoms with Gasteiger partial charge in [0, 0.05) is 38.9 Å². The van der Waals surface area contributed by atoms with Crippen molar-refractivity contribution in [3.63, 3.8) is 0 Å². The zero-order valence-electron chi connectivity index (χ0n) is 18.9. The van der Waals surface area contributed by atoms with Gasteiger partial charge in [-0.1, -0.05) is 23.8 Å². The number of hydrogen-bond donors (Lipinski definition) is 3. The van der Waals surface area contributed by atoms with E-state index in [0.717, 1.165) is 11.4 Å². The standard InChI is InChI=1S/C23H30N4O6S/c1-16-5-7-17(8-6-16)34(31,32)25-15-19-23(30)22(29)18(33-19)14-21(28)27-12-10-26(11-13-27)20-4-2-3-9-24-20/h2-9,18-19,22-23,25,29-30H,10-15H2,1H3. The van der Waals surface area contributed by atoms with E-state index in [1.54, 1.807) is 23.2 Å². The summed E-state index contributed by atoms with van der Waals surface area (Å²) in [7, 11) is -3.80. The third-order valence-corrected chi connectivity index (χ3v) is 7.69. The van der Waals surface area contributed by atoms with Gasteiger partial charge in [-0.15, -0.1) is 0 Å². The SMILES string of the molecule is Cc1ccc(S(=O)(=O)NCC2OC(CC(=O)N3CCN(c4ccccn4)CC3)C(O)C2O)cc1. The third-order valence-electron chi connectivity index (χ3n) is 6.25. The van der Waals surface area contributed by atoms with Gasteiger partial charge in [0.25, 0.3) is 0 Å². The van der Waals surface area contributed by atoms with Crippen molar-refractivity contribution in [3.05, 3.63) is 54.2 Å². The molecule has 1 aromatic heterocycles. The lowest BCUT2D eigenvalue weighted by Gasteiger charge is -2.36. The molecule has 0 bridgehead atoms. The first-order chi connectivity index (χ1) is 16.2. The van der Waals surface area contributed by atoms with E-state index < -0.39 is 34.4 Å². The lowest BCUT2D eigenvalue weighted by atomic mass is 10.0. The van der Waals surface area contributed by atoms with E-state index in [2.05, 4.69) is 14.6 Å². The fourth-order valence-electron chi connectivity index (χ4n) is 4.18. The maximum Gasteiger partial charge on any atom is 0.240 e. The van der Waals surface area contributed by atoms with Crippen LogP contribution in [0.1, 0.15) is 12.0 Å². The number of hydrogen-bond acceptors (Lipinski definition) is 8. The number of aromatic nitrogens is 1. The number of aliphatic hydroxyl groups excluding tert-OH is 2. The van der Waals surface area contributed by atoms with Crippen molar-refractivity contribution in [2.24, 2.45) is 0 Å². The number of anilines is 1. The first kappa shape index (κ1) is 24.6. The summed E-state index contributed by atoms with van der Waals surface area (Å²) in [6.07, 6.45) is -2.83. The van der Waals surface area contributed by atoms with Crippen molar-refractivity contribution in [3.8, 4) is 0 Å². The van der Waals surface area contributed by atoms with Crippen LogP contribution in [-0.2, 0) is 19.6 Å². The molecule has 2 aliphatic heterocycles.